The first kappa shape index (κ1) is 23.6. The van der Waals surface area contributed by atoms with Gasteiger partial charge >= 0.3 is 0 Å². The van der Waals surface area contributed by atoms with Crippen molar-refractivity contribution in [2.75, 3.05) is 6.26 Å². The highest BCUT2D eigenvalue weighted by Gasteiger charge is 2.30. The predicted molar refractivity (Wildman–Crippen MR) is 111 cm³/mol. The van der Waals surface area contributed by atoms with E-state index >= 15 is 0 Å². The molecule has 0 aromatic rings. The van der Waals surface area contributed by atoms with Crippen molar-refractivity contribution in [3.05, 3.63) is 0 Å². The highest BCUT2D eigenvalue weighted by atomic mass is 35.6. The van der Waals surface area contributed by atoms with Gasteiger partial charge in [0, 0.05) is 11.7 Å². The molecule has 0 aliphatic rings. The second-order valence-electron chi connectivity index (χ2n) is 6.08. The average molecular weight is 408 g/mol. The van der Waals surface area contributed by atoms with Crippen molar-refractivity contribution < 1.29 is 0 Å². The molecular formula is C17H33Cl3S2. The summed E-state index contributed by atoms with van der Waals surface area (Å²) in [6, 6.07) is 0. The largest absolute Gasteiger partial charge is 0.191 e. The van der Waals surface area contributed by atoms with Crippen LogP contribution in [0.3, 0.4) is 0 Å². The van der Waals surface area contributed by atoms with E-state index < -0.39 is 3.79 Å². The van der Waals surface area contributed by atoms with Crippen molar-refractivity contribution >= 4 is 56.4 Å². The molecule has 0 saturated carbocycles. The fourth-order valence-corrected chi connectivity index (χ4v) is 6.00. The number of alkyl halides is 3. The first-order chi connectivity index (χ1) is 10.4. The molecule has 0 saturated heterocycles. The Kier molecular flexibility index (Phi) is 15.9. The van der Waals surface area contributed by atoms with E-state index in [0.717, 1.165) is 0 Å². The summed E-state index contributed by atoms with van der Waals surface area (Å²) in [7, 11) is 3.71. The molecule has 22 heavy (non-hydrogen) atoms. The van der Waals surface area contributed by atoms with Crippen molar-refractivity contribution in [1.82, 2.24) is 0 Å². The lowest BCUT2D eigenvalue weighted by Crippen LogP contribution is -2.23. The maximum absolute atomic E-state index is 6.08. The minimum Gasteiger partial charge on any atom is -0.0973 e. The average Bonchev–Trinajstić information content (AvgIpc) is 2.44. The molecule has 134 valence electrons. The quantitative estimate of drug-likeness (QED) is 0.160. The van der Waals surface area contributed by atoms with Gasteiger partial charge in [-0.1, -0.05) is 122 Å². The van der Waals surface area contributed by atoms with Crippen LogP contribution >= 0.6 is 56.4 Å². The van der Waals surface area contributed by atoms with Crippen LogP contribution in [0.5, 0.6) is 0 Å². The van der Waals surface area contributed by atoms with Gasteiger partial charge in [-0.05, 0) is 25.0 Å². The Morgan fingerprint density at radius 2 is 1.32 bits per heavy atom. The van der Waals surface area contributed by atoms with Crippen molar-refractivity contribution in [2.45, 2.75) is 93.5 Å². The summed E-state index contributed by atoms with van der Waals surface area (Å²) in [5.41, 5.74) is 0. The summed E-state index contributed by atoms with van der Waals surface area (Å²) in [6.45, 7) is 4.52. The molecule has 0 aromatic carbocycles. The van der Waals surface area contributed by atoms with Crippen LogP contribution in [0.1, 0.15) is 84.5 Å². The molecule has 1 atom stereocenters. The maximum Gasteiger partial charge on any atom is 0.191 e. The Bertz CT molecular complexity index is 233. The standard InChI is InChI=1S/C17H33Cl3S2/c1-4-6-8-10-12-15(13-11-9-7-5-2)16(22-21-3)14-17(18,19)20/h15-16H,4-14H2,1-3H3. The van der Waals surface area contributed by atoms with Crippen molar-refractivity contribution in [3.8, 4) is 0 Å². The summed E-state index contributed by atoms with van der Waals surface area (Å²) in [5, 5.41) is 0.450. The second kappa shape index (κ2) is 14.9. The molecular weight excluding hydrogens is 375 g/mol. The van der Waals surface area contributed by atoms with Gasteiger partial charge in [0.15, 0.2) is 3.79 Å². The highest BCUT2D eigenvalue weighted by molar-refractivity contribution is 8.76. The molecule has 0 rings (SSSR count). The zero-order chi connectivity index (χ0) is 16.8. The Hall–Kier alpha value is 1.57. The molecule has 0 spiro atoms. The van der Waals surface area contributed by atoms with E-state index in [-0.39, 0.29) is 0 Å². The molecule has 0 radical (unpaired) electrons. The molecule has 0 bridgehead atoms. The second-order valence-corrected chi connectivity index (χ2v) is 11.3. The van der Waals surface area contributed by atoms with Gasteiger partial charge in [0.05, 0.1) is 0 Å². The number of hydrogen-bond donors (Lipinski definition) is 0. The van der Waals surface area contributed by atoms with Crippen molar-refractivity contribution in [3.63, 3.8) is 0 Å². The molecule has 0 heterocycles. The minimum absolute atomic E-state index is 0.450. The Morgan fingerprint density at radius 1 is 0.818 bits per heavy atom. The Morgan fingerprint density at radius 3 is 1.68 bits per heavy atom. The van der Waals surface area contributed by atoms with Crippen LogP contribution in [0.15, 0.2) is 0 Å². The number of halogens is 3. The maximum atomic E-state index is 6.08. The van der Waals surface area contributed by atoms with Gasteiger partial charge in [0.1, 0.15) is 0 Å². The first-order valence-electron chi connectivity index (χ1n) is 8.70. The van der Waals surface area contributed by atoms with Gasteiger partial charge in [-0.15, -0.1) is 0 Å². The third kappa shape index (κ3) is 14.0. The molecule has 1 unspecified atom stereocenters. The third-order valence-corrected chi connectivity index (χ3v) is 6.81. The van der Waals surface area contributed by atoms with E-state index in [0.29, 0.717) is 17.6 Å². The van der Waals surface area contributed by atoms with Gasteiger partial charge in [-0.25, -0.2) is 0 Å². The zero-order valence-corrected chi connectivity index (χ0v) is 18.3. The van der Waals surface area contributed by atoms with E-state index in [2.05, 4.69) is 20.1 Å². The number of hydrogen-bond acceptors (Lipinski definition) is 2. The topological polar surface area (TPSA) is 0 Å². The van der Waals surface area contributed by atoms with Crippen LogP contribution in [-0.2, 0) is 0 Å². The van der Waals surface area contributed by atoms with Gasteiger partial charge in [-0.3, -0.25) is 0 Å². The lowest BCUT2D eigenvalue weighted by molar-refractivity contribution is 0.386. The van der Waals surface area contributed by atoms with E-state index in [4.69, 9.17) is 34.8 Å². The number of rotatable bonds is 14. The summed E-state index contributed by atoms with van der Waals surface area (Å²) < 4.78 is -1.13. The summed E-state index contributed by atoms with van der Waals surface area (Å²) in [5.74, 6) is 0.682. The lowest BCUT2D eigenvalue weighted by Gasteiger charge is -2.28. The zero-order valence-electron chi connectivity index (χ0n) is 14.4. The van der Waals surface area contributed by atoms with E-state index in [9.17, 15) is 0 Å². The van der Waals surface area contributed by atoms with Crippen molar-refractivity contribution in [1.29, 1.82) is 0 Å². The van der Waals surface area contributed by atoms with Gasteiger partial charge in [-0.2, -0.15) is 0 Å². The fraction of sp³-hybridized carbons (Fsp3) is 1.00. The summed E-state index contributed by atoms with van der Waals surface area (Å²) in [6.07, 6.45) is 15.9. The highest BCUT2D eigenvalue weighted by Crippen LogP contribution is 2.43. The first-order valence-corrected chi connectivity index (χ1v) is 12.5. The molecule has 5 heteroatoms. The monoisotopic (exact) mass is 406 g/mol. The van der Waals surface area contributed by atoms with Crippen LogP contribution in [0.4, 0.5) is 0 Å². The smallest absolute Gasteiger partial charge is 0.0973 e. The van der Waals surface area contributed by atoms with Crippen LogP contribution in [0, 0.1) is 5.92 Å². The molecule has 0 amide bonds. The molecule has 0 N–H and O–H groups in total. The lowest BCUT2D eigenvalue weighted by atomic mass is 9.90. The van der Waals surface area contributed by atoms with Crippen molar-refractivity contribution in [2.24, 2.45) is 5.92 Å². The molecule has 0 fully saturated rings. The Labute approximate surface area is 161 Å². The summed E-state index contributed by atoms with van der Waals surface area (Å²) in [4.78, 5) is 0. The van der Waals surface area contributed by atoms with Gasteiger partial charge in [0.25, 0.3) is 0 Å². The van der Waals surface area contributed by atoms with Crippen LogP contribution < -0.4 is 0 Å². The van der Waals surface area contributed by atoms with Crippen LogP contribution in [0.2, 0.25) is 0 Å². The number of unbranched alkanes of at least 4 members (excludes halogenated alkanes) is 6. The third-order valence-electron chi connectivity index (χ3n) is 4.04. The minimum atomic E-state index is -1.13. The van der Waals surface area contributed by atoms with E-state index in [1.165, 1.54) is 64.2 Å². The molecule has 0 aromatic heterocycles. The normalized spacial score (nSPS) is 13.8. The molecule has 0 aliphatic carbocycles. The summed E-state index contributed by atoms with van der Waals surface area (Å²) >= 11 is 18.3. The van der Waals surface area contributed by atoms with Crippen LogP contribution in [0.25, 0.3) is 0 Å². The van der Waals surface area contributed by atoms with E-state index in [1.54, 1.807) is 10.8 Å². The molecule has 0 nitrogen and oxygen atoms in total. The molecule has 0 aliphatic heterocycles. The predicted octanol–water partition coefficient (Wildman–Crippen LogP) is 8.68. The van der Waals surface area contributed by atoms with Gasteiger partial charge < -0.3 is 0 Å². The van der Waals surface area contributed by atoms with Crippen LogP contribution in [-0.4, -0.2) is 15.3 Å². The van der Waals surface area contributed by atoms with E-state index in [1.807, 2.05) is 10.8 Å². The SMILES string of the molecule is CCCCCCC(CCCCCC)C(CC(Cl)(Cl)Cl)SSC. The van der Waals surface area contributed by atoms with Gasteiger partial charge in [0.2, 0.25) is 0 Å². The fourth-order valence-electron chi connectivity index (χ4n) is 2.81. The Balaban J connectivity index is 4.50.